The van der Waals surface area contributed by atoms with Gasteiger partial charge in [-0.05, 0) is 0 Å². The quantitative estimate of drug-likeness (QED) is 0.673. The molecule has 0 atom stereocenters. The molecule has 62 valence electrons. The SMILES string of the molecule is COc1ncncc1CCl.Cl. The highest BCUT2D eigenvalue weighted by atomic mass is 35.5. The van der Waals surface area contributed by atoms with Crippen LogP contribution in [-0.4, -0.2) is 17.1 Å². The molecule has 0 spiro atoms. The van der Waals surface area contributed by atoms with Crippen molar-refractivity contribution in [1.82, 2.24) is 9.97 Å². The van der Waals surface area contributed by atoms with Crippen molar-refractivity contribution >= 4 is 24.0 Å². The zero-order chi connectivity index (χ0) is 7.40. The molecule has 5 heteroatoms. The van der Waals surface area contributed by atoms with E-state index in [4.69, 9.17) is 16.3 Å². The maximum Gasteiger partial charge on any atom is 0.220 e. The van der Waals surface area contributed by atoms with Gasteiger partial charge in [0.2, 0.25) is 5.88 Å². The van der Waals surface area contributed by atoms with Gasteiger partial charge in [0.25, 0.3) is 0 Å². The van der Waals surface area contributed by atoms with E-state index < -0.39 is 0 Å². The number of methoxy groups -OCH3 is 1. The molecular formula is C6H8Cl2N2O. The van der Waals surface area contributed by atoms with Crippen LogP contribution < -0.4 is 4.74 Å². The van der Waals surface area contributed by atoms with E-state index in [-0.39, 0.29) is 12.4 Å². The van der Waals surface area contributed by atoms with Crippen LogP contribution in [0.1, 0.15) is 5.56 Å². The van der Waals surface area contributed by atoms with Crippen molar-refractivity contribution in [3.05, 3.63) is 18.1 Å². The summed E-state index contributed by atoms with van der Waals surface area (Å²) >= 11 is 5.55. The summed E-state index contributed by atoms with van der Waals surface area (Å²) in [5.41, 5.74) is 0.812. The third-order valence-electron chi connectivity index (χ3n) is 1.08. The molecule has 0 aliphatic rings. The van der Waals surface area contributed by atoms with Gasteiger partial charge in [0, 0.05) is 11.8 Å². The Kier molecular flexibility index (Phi) is 4.90. The molecule has 0 aliphatic heterocycles. The highest BCUT2D eigenvalue weighted by Crippen LogP contribution is 2.13. The van der Waals surface area contributed by atoms with Crippen LogP contribution in [0.4, 0.5) is 0 Å². The van der Waals surface area contributed by atoms with Crippen LogP contribution in [0.25, 0.3) is 0 Å². The average Bonchev–Trinajstić information content (AvgIpc) is 2.04. The standard InChI is InChI=1S/C6H7ClN2O.ClH/c1-10-6-5(2-7)3-8-4-9-6;/h3-4H,2H2,1H3;1H. The first-order valence-corrected chi connectivity index (χ1v) is 3.30. The average molecular weight is 195 g/mol. The Labute approximate surface area is 76.2 Å². The van der Waals surface area contributed by atoms with E-state index >= 15 is 0 Å². The van der Waals surface area contributed by atoms with Crippen molar-refractivity contribution in [2.45, 2.75) is 5.88 Å². The molecule has 3 nitrogen and oxygen atoms in total. The van der Waals surface area contributed by atoms with Gasteiger partial charge in [0.15, 0.2) is 0 Å². The maximum atomic E-state index is 5.55. The first kappa shape index (κ1) is 10.5. The highest BCUT2D eigenvalue weighted by Gasteiger charge is 1.99. The first-order valence-electron chi connectivity index (χ1n) is 2.77. The summed E-state index contributed by atoms with van der Waals surface area (Å²) in [6, 6.07) is 0. The second-order valence-corrected chi connectivity index (χ2v) is 1.96. The summed E-state index contributed by atoms with van der Waals surface area (Å²) in [6.07, 6.45) is 3.06. The van der Waals surface area contributed by atoms with Crippen LogP contribution in [0.2, 0.25) is 0 Å². The smallest absolute Gasteiger partial charge is 0.220 e. The largest absolute Gasteiger partial charge is 0.481 e. The lowest BCUT2D eigenvalue weighted by Crippen LogP contribution is -1.93. The lowest BCUT2D eigenvalue weighted by Gasteiger charge is -2.00. The fraction of sp³-hybridized carbons (Fsp3) is 0.333. The predicted molar refractivity (Wildman–Crippen MR) is 45.4 cm³/mol. The molecule has 0 saturated heterocycles. The van der Waals surface area contributed by atoms with E-state index in [1.807, 2.05) is 0 Å². The van der Waals surface area contributed by atoms with Gasteiger partial charge in [-0.2, -0.15) is 0 Å². The molecule has 0 unspecified atom stereocenters. The van der Waals surface area contributed by atoms with Gasteiger partial charge in [0.05, 0.1) is 13.0 Å². The number of nitrogens with zero attached hydrogens (tertiary/aromatic N) is 2. The minimum atomic E-state index is 0. The number of hydrogen-bond donors (Lipinski definition) is 0. The second kappa shape index (κ2) is 5.16. The van der Waals surface area contributed by atoms with E-state index in [0.29, 0.717) is 11.8 Å². The van der Waals surface area contributed by atoms with Gasteiger partial charge in [-0.1, -0.05) is 0 Å². The zero-order valence-electron chi connectivity index (χ0n) is 5.95. The van der Waals surface area contributed by atoms with E-state index in [9.17, 15) is 0 Å². The van der Waals surface area contributed by atoms with Crippen LogP contribution in [0.5, 0.6) is 5.88 Å². The Morgan fingerprint density at radius 3 is 2.82 bits per heavy atom. The Bertz CT molecular complexity index is 196. The summed E-state index contributed by atoms with van der Waals surface area (Å²) < 4.78 is 4.90. The first-order chi connectivity index (χ1) is 4.88. The van der Waals surface area contributed by atoms with Gasteiger partial charge in [-0.25, -0.2) is 9.97 Å². The number of alkyl halides is 1. The van der Waals surface area contributed by atoms with E-state index in [1.54, 1.807) is 13.3 Å². The number of aromatic nitrogens is 2. The Balaban J connectivity index is 0.000001000. The molecule has 1 aromatic rings. The van der Waals surface area contributed by atoms with Crippen LogP contribution in [-0.2, 0) is 5.88 Å². The van der Waals surface area contributed by atoms with Gasteiger partial charge in [0.1, 0.15) is 6.33 Å². The molecule has 1 rings (SSSR count). The minimum absolute atomic E-state index is 0. The van der Waals surface area contributed by atoms with Gasteiger partial charge in [-0.15, -0.1) is 24.0 Å². The normalized spacial score (nSPS) is 8.55. The van der Waals surface area contributed by atoms with Crippen molar-refractivity contribution in [3.63, 3.8) is 0 Å². The van der Waals surface area contributed by atoms with Crippen molar-refractivity contribution in [3.8, 4) is 5.88 Å². The van der Waals surface area contributed by atoms with Crippen molar-refractivity contribution < 1.29 is 4.74 Å². The molecule has 11 heavy (non-hydrogen) atoms. The molecule has 1 aromatic heterocycles. The van der Waals surface area contributed by atoms with Gasteiger partial charge >= 0.3 is 0 Å². The molecule has 0 aliphatic carbocycles. The number of hydrogen-bond acceptors (Lipinski definition) is 3. The fourth-order valence-corrected chi connectivity index (χ4v) is 0.806. The van der Waals surface area contributed by atoms with E-state index in [2.05, 4.69) is 9.97 Å². The molecule has 0 radical (unpaired) electrons. The van der Waals surface area contributed by atoms with Crippen LogP contribution in [0, 0.1) is 0 Å². The second-order valence-electron chi connectivity index (χ2n) is 1.69. The third kappa shape index (κ3) is 2.52. The fourth-order valence-electron chi connectivity index (χ4n) is 0.623. The predicted octanol–water partition coefficient (Wildman–Crippen LogP) is 1.65. The summed E-state index contributed by atoms with van der Waals surface area (Å²) in [5, 5.41) is 0. The lowest BCUT2D eigenvalue weighted by molar-refractivity contribution is 0.393. The molecule has 0 N–H and O–H groups in total. The molecule has 0 bridgehead atoms. The van der Waals surface area contributed by atoms with Crippen molar-refractivity contribution in [1.29, 1.82) is 0 Å². The van der Waals surface area contributed by atoms with Crippen LogP contribution in [0.15, 0.2) is 12.5 Å². The third-order valence-corrected chi connectivity index (χ3v) is 1.37. The Morgan fingerprint density at radius 1 is 1.64 bits per heavy atom. The topological polar surface area (TPSA) is 35.0 Å². The van der Waals surface area contributed by atoms with Crippen molar-refractivity contribution in [2.24, 2.45) is 0 Å². The molecule has 0 saturated carbocycles. The molecule has 0 aromatic carbocycles. The summed E-state index contributed by atoms with van der Waals surface area (Å²) in [7, 11) is 1.55. The summed E-state index contributed by atoms with van der Waals surface area (Å²) in [4.78, 5) is 7.64. The maximum absolute atomic E-state index is 5.55. The van der Waals surface area contributed by atoms with Gasteiger partial charge < -0.3 is 4.74 Å². The molecule has 0 fully saturated rings. The minimum Gasteiger partial charge on any atom is -0.481 e. The lowest BCUT2D eigenvalue weighted by atomic mass is 10.4. The number of halogens is 2. The molecule has 0 amide bonds. The highest BCUT2D eigenvalue weighted by molar-refractivity contribution is 6.17. The monoisotopic (exact) mass is 194 g/mol. The Morgan fingerprint density at radius 2 is 2.36 bits per heavy atom. The van der Waals surface area contributed by atoms with Crippen molar-refractivity contribution in [2.75, 3.05) is 7.11 Å². The van der Waals surface area contributed by atoms with Crippen LogP contribution >= 0.6 is 24.0 Å². The van der Waals surface area contributed by atoms with E-state index in [0.717, 1.165) is 5.56 Å². The van der Waals surface area contributed by atoms with Crippen LogP contribution in [0.3, 0.4) is 0 Å². The van der Waals surface area contributed by atoms with Gasteiger partial charge in [-0.3, -0.25) is 0 Å². The Hall–Kier alpha value is -0.540. The number of rotatable bonds is 2. The summed E-state index contributed by atoms with van der Waals surface area (Å²) in [6.45, 7) is 0. The number of ether oxygens (including phenoxy) is 1. The van der Waals surface area contributed by atoms with E-state index in [1.165, 1.54) is 6.33 Å². The summed E-state index contributed by atoms with van der Waals surface area (Å²) in [5.74, 6) is 0.925. The molecule has 1 heterocycles. The zero-order valence-corrected chi connectivity index (χ0v) is 7.52. The molecular weight excluding hydrogens is 187 g/mol.